The number of halogens is 2. The molecule has 0 amide bonds. The highest BCUT2D eigenvalue weighted by atomic mass is 32.1. The Hall–Kier alpha value is -3.25. The molecule has 0 aliphatic heterocycles. The van der Waals surface area contributed by atoms with Crippen LogP contribution in [0.15, 0.2) is 91.1 Å². The van der Waals surface area contributed by atoms with Crippen molar-refractivity contribution < 1.29 is 8.78 Å². The standard InChI is InChI=1S/C22H19F2N3S/c1-15(25-20-13-12-17(23)14-19(20)24)21(16-8-4-2-5-9-16)27-22(28)26-18-10-6-3-7-11-18/h2-14,21,25H,1H2,(H2,26,27,28)/t21-/m0/s1. The van der Waals surface area contributed by atoms with Crippen LogP contribution in [0.1, 0.15) is 11.6 Å². The molecule has 142 valence electrons. The molecule has 0 spiro atoms. The van der Waals surface area contributed by atoms with Gasteiger partial charge in [0.25, 0.3) is 0 Å². The Morgan fingerprint density at radius 1 is 0.857 bits per heavy atom. The Balaban J connectivity index is 1.78. The number of rotatable bonds is 6. The molecule has 28 heavy (non-hydrogen) atoms. The molecule has 0 unspecified atom stereocenters. The van der Waals surface area contributed by atoms with Crippen LogP contribution < -0.4 is 16.0 Å². The minimum Gasteiger partial charge on any atom is -0.355 e. The van der Waals surface area contributed by atoms with Crippen LogP contribution >= 0.6 is 12.2 Å². The molecule has 6 heteroatoms. The third-order valence-corrected chi connectivity index (χ3v) is 4.23. The van der Waals surface area contributed by atoms with Crippen molar-refractivity contribution in [2.45, 2.75) is 6.04 Å². The van der Waals surface area contributed by atoms with Crippen molar-refractivity contribution in [3.05, 3.63) is 108 Å². The number of thiocarbonyl (C=S) groups is 1. The molecular formula is C22H19F2N3S. The summed E-state index contributed by atoms with van der Waals surface area (Å²) in [5.74, 6) is -1.34. The van der Waals surface area contributed by atoms with Gasteiger partial charge in [-0.2, -0.15) is 0 Å². The van der Waals surface area contributed by atoms with Gasteiger partial charge in [-0.15, -0.1) is 0 Å². The van der Waals surface area contributed by atoms with Crippen molar-refractivity contribution >= 4 is 28.7 Å². The van der Waals surface area contributed by atoms with E-state index in [1.807, 2.05) is 60.7 Å². The highest BCUT2D eigenvalue weighted by molar-refractivity contribution is 7.80. The van der Waals surface area contributed by atoms with Gasteiger partial charge in [0.1, 0.15) is 11.6 Å². The molecule has 0 aliphatic carbocycles. The highest BCUT2D eigenvalue weighted by Crippen LogP contribution is 2.24. The molecule has 3 aromatic rings. The second-order valence-corrected chi connectivity index (χ2v) is 6.49. The maximum atomic E-state index is 14.0. The number of anilines is 2. The summed E-state index contributed by atoms with van der Waals surface area (Å²) in [6, 6.07) is 21.9. The first-order chi connectivity index (χ1) is 13.5. The van der Waals surface area contributed by atoms with E-state index in [0.717, 1.165) is 17.3 Å². The average Bonchev–Trinajstić information content (AvgIpc) is 2.69. The summed E-state index contributed by atoms with van der Waals surface area (Å²) >= 11 is 5.42. The molecule has 0 saturated heterocycles. The van der Waals surface area contributed by atoms with Crippen molar-refractivity contribution in [1.82, 2.24) is 5.32 Å². The number of nitrogens with one attached hydrogen (secondary N) is 3. The van der Waals surface area contributed by atoms with Crippen LogP contribution in [0.2, 0.25) is 0 Å². The minimum absolute atomic E-state index is 0.135. The van der Waals surface area contributed by atoms with E-state index >= 15 is 0 Å². The molecule has 3 nitrogen and oxygen atoms in total. The molecule has 0 fully saturated rings. The third-order valence-electron chi connectivity index (χ3n) is 4.01. The zero-order valence-corrected chi connectivity index (χ0v) is 15.8. The van der Waals surface area contributed by atoms with Gasteiger partial charge >= 0.3 is 0 Å². The van der Waals surface area contributed by atoms with Gasteiger partial charge in [-0.3, -0.25) is 0 Å². The van der Waals surface area contributed by atoms with E-state index in [1.54, 1.807) is 0 Å². The van der Waals surface area contributed by atoms with Crippen molar-refractivity contribution in [3.63, 3.8) is 0 Å². The summed E-state index contributed by atoms with van der Waals surface area (Å²) < 4.78 is 27.2. The van der Waals surface area contributed by atoms with E-state index in [2.05, 4.69) is 22.5 Å². The third kappa shape index (κ3) is 5.14. The normalized spacial score (nSPS) is 11.4. The van der Waals surface area contributed by atoms with E-state index in [9.17, 15) is 8.78 Å². The second kappa shape index (κ2) is 9.10. The van der Waals surface area contributed by atoms with Crippen LogP contribution in [-0.2, 0) is 0 Å². The van der Waals surface area contributed by atoms with Crippen LogP contribution in [0.3, 0.4) is 0 Å². The first-order valence-corrected chi connectivity index (χ1v) is 9.02. The summed E-state index contributed by atoms with van der Waals surface area (Å²) in [6.07, 6.45) is 0. The summed E-state index contributed by atoms with van der Waals surface area (Å²) in [6.45, 7) is 4.03. The van der Waals surface area contributed by atoms with Crippen LogP contribution in [-0.4, -0.2) is 5.11 Å². The monoisotopic (exact) mass is 395 g/mol. The first-order valence-electron chi connectivity index (χ1n) is 8.61. The lowest BCUT2D eigenvalue weighted by atomic mass is 10.0. The molecular weight excluding hydrogens is 376 g/mol. The van der Waals surface area contributed by atoms with Crippen molar-refractivity contribution in [2.75, 3.05) is 10.6 Å². The van der Waals surface area contributed by atoms with Crippen LogP contribution in [0.4, 0.5) is 20.2 Å². The van der Waals surface area contributed by atoms with Crippen molar-refractivity contribution in [2.24, 2.45) is 0 Å². The van der Waals surface area contributed by atoms with Crippen molar-refractivity contribution in [3.8, 4) is 0 Å². The van der Waals surface area contributed by atoms with Crippen LogP contribution in [0, 0.1) is 11.6 Å². The van der Waals surface area contributed by atoms with Gasteiger partial charge in [0.05, 0.1) is 11.7 Å². The smallest absolute Gasteiger partial charge is 0.171 e. The molecule has 3 N–H and O–H groups in total. The molecule has 0 heterocycles. The van der Waals surface area contributed by atoms with Crippen LogP contribution in [0.25, 0.3) is 0 Å². The lowest BCUT2D eigenvalue weighted by Gasteiger charge is -2.24. The first kappa shape index (κ1) is 19.5. The van der Waals surface area contributed by atoms with Crippen molar-refractivity contribution in [1.29, 1.82) is 0 Å². The largest absolute Gasteiger partial charge is 0.355 e. The summed E-state index contributed by atoms with van der Waals surface area (Å²) in [4.78, 5) is 0. The fourth-order valence-electron chi connectivity index (χ4n) is 2.67. The lowest BCUT2D eigenvalue weighted by Crippen LogP contribution is -2.34. The van der Waals surface area contributed by atoms with Gasteiger partial charge in [0.2, 0.25) is 0 Å². The molecule has 0 bridgehead atoms. The number of para-hydroxylation sites is 1. The van der Waals surface area contributed by atoms with Gasteiger partial charge in [-0.25, -0.2) is 8.78 Å². The fourth-order valence-corrected chi connectivity index (χ4v) is 2.91. The van der Waals surface area contributed by atoms with Gasteiger partial charge in [-0.1, -0.05) is 55.1 Å². The van der Waals surface area contributed by atoms with Gasteiger partial charge in [0, 0.05) is 17.5 Å². The molecule has 3 rings (SSSR count). The molecule has 0 aromatic heterocycles. The maximum absolute atomic E-state index is 14.0. The Morgan fingerprint density at radius 3 is 2.14 bits per heavy atom. The van der Waals surface area contributed by atoms with E-state index in [0.29, 0.717) is 10.8 Å². The fraction of sp³-hybridized carbons (Fsp3) is 0.0455. The van der Waals surface area contributed by atoms with Gasteiger partial charge in [0.15, 0.2) is 5.11 Å². The summed E-state index contributed by atoms with van der Waals surface area (Å²) in [5, 5.41) is 9.61. The Bertz CT molecular complexity index is 962. The number of hydrogen-bond donors (Lipinski definition) is 3. The second-order valence-electron chi connectivity index (χ2n) is 6.08. The lowest BCUT2D eigenvalue weighted by molar-refractivity contribution is 0.585. The van der Waals surface area contributed by atoms with E-state index in [4.69, 9.17) is 12.2 Å². The Labute approximate surface area is 168 Å². The number of hydrogen-bond acceptors (Lipinski definition) is 2. The zero-order valence-electron chi connectivity index (χ0n) is 15.0. The topological polar surface area (TPSA) is 36.1 Å². The summed E-state index contributed by atoms with van der Waals surface area (Å²) in [7, 11) is 0. The predicted octanol–water partition coefficient (Wildman–Crippen LogP) is 5.62. The Kier molecular flexibility index (Phi) is 6.34. The van der Waals surface area contributed by atoms with E-state index in [-0.39, 0.29) is 5.69 Å². The molecule has 0 radical (unpaired) electrons. The minimum atomic E-state index is -0.696. The molecule has 0 aliphatic rings. The highest BCUT2D eigenvalue weighted by Gasteiger charge is 2.18. The average molecular weight is 395 g/mol. The zero-order chi connectivity index (χ0) is 19.9. The number of benzene rings is 3. The van der Waals surface area contributed by atoms with E-state index in [1.165, 1.54) is 12.1 Å². The van der Waals surface area contributed by atoms with Crippen LogP contribution in [0.5, 0.6) is 0 Å². The molecule has 0 saturated carbocycles. The predicted molar refractivity (Wildman–Crippen MR) is 114 cm³/mol. The Morgan fingerprint density at radius 2 is 1.50 bits per heavy atom. The molecule has 3 aromatic carbocycles. The SMILES string of the molecule is C=C(Nc1ccc(F)cc1F)[C@H](NC(=S)Nc1ccccc1)c1ccccc1. The van der Waals surface area contributed by atoms with Gasteiger partial charge in [-0.05, 0) is 42.0 Å². The summed E-state index contributed by atoms with van der Waals surface area (Å²) in [5.41, 5.74) is 2.33. The maximum Gasteiger partial charge on any atom is 0.171 e. The van der Waals surface area contributed by atoms with E-state index < -0.39 is 17.7 Å². The quantitative estimate of drug-likeness (QED) is 0.474. The molecule has 1 atom stereocenters. The van der Waals surface area contributed by atoms with Gasteiger partial charge < -0.3 is 16.0 Å².